The van der Waals surface area contributed by atoms with Gasteiger partial charge in [-0.2, -0.15) is 0 Å². The van der Waals surface area contributed by atoms with Crippen LogP contribution in [0.15, 0.2) is 24.5 Å². The average molecular weight is 249 g/mol. The Morgan fingerprint density at radius 1 is 1.56 bits per heavy atom. The van der Waals surface area contributed by atoms with E-state index in [9.17, 15) is 4.79 Å². The van der Waals surface area contributed by atoms with Gasteiger partial charge in [-0.25, -0.2) is 0 Å². The fraction of sp³-hybridized carbons (Fsp3) is 0.538. The molecule has 0 aromatic carbocycles. The number of carbonyl (C=O) groups excluding carboxylic acids is 1. The lowest BCUT2D eigenvalue weighted by atomic mass is 10.1. The molecule has 5 nitrogen and oxygen atoms in total. The maximum atomic E-state index is 12.1. The first-order valence-electron chi connectivity index (χ1n) is 6.22. The van der Waals surface area contributed by atoms with Gasteiger partial charge in [0.05, 0.1) is 19.1 Å². The number of nitrogens with zero attached hydrogens (tertiary/aromatic N) is 2. The van der Waals surface area contributed by atoms with E-state index in [4.69, 9.17) is 4.74 Å². The van der Waals surface area contributed by atoms with E-state index in [0.717, 1.165) is 12.1 Å². The van der Waals surface area contributed by atoms with Crippen molar-refractivity contribution >= 4 is 5.91 Å². The lowest BCUT2D eigenvalue weighted by molar-refractivity contribution is -0.137. The van der Waals surface area contributed by atoms with E-state index in [-0.39, 0.29) is 12.0 Å². The summed E-state index contributed by atoms with van der Waals surface area (Å²) in [6.45, 7) is 2.75. The van der Waals surface area contributed by atoms with Crippen LogP contribution in [-0.2, 0) is 16.0 Å². The fourth-order valence-corrected chi connectivity index (χ4v) is 2.08. The molecule has 1 fully saturated rings. The largest absolute Gasteiger partial charge is 0.373 e. The number of amides is 1. The van der Waals surface area contributed by atoms with Crippen LogP contribution in [0.3, 0.4) is 0 Å². The number of rotatable bonds is 4. The topological polar surface area (TPSA) is 54.5 Å². The first-order valence-corrected chi connectivity index (χ1v) is 6.22. The van der Waals surface area contributed by atoms with Gasteiger partial charge >= 0.3 is 0 Å². The van der Waals surface area contributed by atoms with Crippen LogP contribution in [0.25, 0.3) is 0 Å². The highest BCUT2D eigenvalue weighted by molar-refractivity contribution is 5.78. The van der Waals surface area contributed by atoms with E-state index in [2.05, 4.69) is 10.3 Å². The van der Waals surface area contributed by atoms with Gasteiger partial charge in [0.15, 0.2) is 0 Å². The molecule has 0 saturated carbocycles. The summed E-state index contributed by atoms with van der Waals surface area (Å²) in [4.78, 5) is 18.0. The fourth-order valence-electron chi connectivity index (χ4n) is 2.08. The molecule has 1 aromatic heterocycles. The van der Waals surface area contributed by atoms with Crippen molar-refractivity contribution in [2.75, 3.05) is 33.3 Å². The molecule has 1 saturated heterocycles. The first kappa shape index (κ1) is 13.0. The molecule has 1 unspecified atom stereocenters. The molecule has 0 spiro atoms. The normalized spacial score (nSPS) is 19.8. The van der Waals surface area contributed by atoms with Crippen molar-refractivity contribution in [3.05, 3.63) is 30.1 Å². The van der Waals surface area contributed by atoms with E-state index in [1.165, 1.54) is 0 Å². The third-order valence-corrected chi connectivity index (χ3v) is 3.03. The highest BCUT2D eigenvalue weighted by atomic mass is 16.5. The van der Waals surface area contributed by atoms with Crippen LogP contribution in [0.2, 0.25) is 0 Å². The van der Waals surface area contributed by atoms with Gasteiger partial charge < -0.3 is 15.0 Å². The van der Waals surface area contributed by atoms with Gasteiger partial charge in [0.2, 0.25) is 5.91 Å². The Morgan fingerprint density at radius 3 is 3.06 bits per heavy atom. The summed E-state index contributed by atoms with van der Waals surface area (Å²) in [6.07, 6.45) is 3.97. The summed E-state index contributed by atoms with van der Waals surface area (Å²) in [5.74, 6) is 0.158. The van der Waals surface area contributed by atoms with Crippen LogP contribution in [0.1, 0.15) is 5.56 Å². The van der Waals surface area contributed by atoms with E-state index in [1.807, 2.05) is 24.1 Å². The summed E-state index contributed by atoms with van der Waals surface area (Å²) in [7, 11) is 1.89. The molecule has 1 atom stereocenters. The second kappa shape index (κ2) is 6.47. The molecule has 2 heterocycles. The van der Waals surface area contributed by atoms with Crippen molar-refractivity contribution in [3.8, 4) is 0 Å². The Morgan fingerprint density at radius 2 is 2.33 bits per heavy atom. The molecule has 1 amide bonds. The van der Waals surface area contributed by atoms with Crippen molar-refractivity contribution < 1.29 is 9.53 Å². The molecule has 0 aliphatic carbocycles. The highest BCUT2D eigenvalue weighted by Crippen LogP contribution is 2.08. The SMILES string of the molecule is CNCC1CN(C(=O)Cc2ccncc2)CCO1. The first-order chi connectivity index (χ1) is 8.79. The number of nitrogens with one attached hydrogen (secondary N) is 1. The van der Waals surface area contributed by atoms with Crippen LogP contribution in [0.4, 0.5) is 0 Å². The number of morpholine rings is 1. The number of carbonyl (C=O) groups is 1. The van der Waals surface area contributed by atoms with Gasteiger partial charge in [0.1, 0.15) is 0 Å². The number of hydrogen-bond acceptors (Lipinski definition) is 4. The van der Waals surface area contributed by atoms with E-state index in [0.29, 0.717) is 26.1 Å². The van der Waals surface area contributed by atoms with Crippen molar-refractivity contribution in [1.82, 2.24) is 15.2 Å². The molecule has 98 valence electrons. The molecular formula is C13H19N3O2. The zero-order chi connectivity index (χ0) is 12.8. The number of likely N-dealkylation sites (N-methyl/N-ethyl adjacent to an activating group) is 1. The van der Waals surface area contributed by atoms with Gasteiger partial charge in [0, 0.05) is 32.0 Å². The van der Waals surface area contributed by atoms with Gasteiger partial charge in [0.25, 0.3) is 0 Å². The maximum absolute atomic E-state index is 12.1. The third-order valence-electron chi connectivity index (χ3n) is 3.03. The van der Waals surface area contributed by atoms with Crippen molar-refractivity contribution in [2.24, 2.45) is 0 Å². The number of ether oxygens (including phenoxy) is 1. The monoisotopic (exact) mass is 249 g/mol. The molecule has 1 aliphatic rings. The average Bonchev–Trinajstić information content (AvgIpc) is 2.40. The van der Waals surface area contributed by atoms with Crippen LogP contribution < -0.4 is 5.32 Å². The zero-order valence-corrected chi connectivity index (χ0v) is 10.6. The quantitative estimate of drug-likeness (QED) is 0.820. The van der Waals surface area contributed by atoms with E-state index in [1.54, 1.807) is 12.4 Å². The molecule has 0 radical (unpaired) electrons. The van der Waals surface area contributed by atoms with Crippen LogP contribution in [0, 0.1) is 0 Å². The standard InChI is InChI=1S/C13H19N3O2/c1-14-9-12-10-16(6-7-18-12)13(17)8-11-2-4-15-5-3-11/h2-5,12,14H,6-10H2,1H3. The minimum absolute atomic E-state index is 0.102. The van der Waals surface area contributed by atoms with Gasteiger partial charge in [-0.3, -0.25) is 9.78 Å². The summed E-state index contributed by atoms with van der Waals surface area (Å²) < 4.78 is 5.58. The summed E-state index contributed by atoms with van der Waals surface area (Å²) in [6, 6.07) is 3.76. The number of pyridine rings is 1. The Hall–Kier alpha value is -1.46. The number of aromatic nitrogens is 1. The minimum Gasteiger partial charge on any atom is -0.373 e. The molecular weight excluding hydrogens is 230 g/mol. The summed E-state index contributed by atoms with van der Waals surface area (Å²) in [5.41, 5.74) is 1.01. The second-order valence-electron chi connectivity index (χ2n) is 4.42. The molecule has 1 aliphatic heterocycles. The molecule has 1 aromatic rings. The van der Waals surface area contributed by atoms with Crippen molar-refractivity contribution in [3.63, 3.8) is 0 Å². The maximum Gasteiger partial charge on any atom is 0.227 e. The minimum atomic E-state index is 0.102. The lowest BCUT2D eigenvalue weighted by Gasteiger charge is -2.33. The lowest BCUT2D eigenvalue weighted by Crippen LogP contribution is -2.49. The smallest absolute Gasteiger partial charge is 0.227 e. The Balaban J connectivity index is 1.88. The highest BCUT2D eigenvalue weighted by Gasteiger charge is 2.23. The van der Waals surface area contributed by atoms with Crippen LogP contribution >= 0.6 is 0 Å². The molecule has 1 N–H and O–H groups in total. The summed E-state index contributed by atoms with van der Waals surface area (Å²) >= 11 is 0. The van der Waals surface area contributed by atoms with Crippen molar-refractivity contribution in [2.45, 2.75) is 12.5 Å². The van der Waals surface area contributed by atoms with E-state index < -0.39 is 0 Å². The van der Waals surface area contributed by atoms with Gasteiger partial charge in [-0.05, 0) is 24.7 Å². The van der Waals surface area contributed by atoms with Gasteiger partial charge in [-0.15, -0.1) is 0 Å². The van der Waals surface area contributed by atoms with Crippen LogP contribution in [0.5, 0.6) is 0 Å². The second-order valence-corrected chi connectivity index (χ2v) is 4.42. The molecule has 18 heavy (non-hydrogen) atoms. The molecule has 2 rings (SSSR count). The number of hydrogen-bond donors (Lipinski definition) is 1. The Kier molecular flexibility index (Phi) is 4.66. The van der Waals surface area contributed by atoms with E-state index >= 15 is 0 Å². The molecule has 0 bridgehead atoms. The summed E-state index contributed by atoms with van der Waals surface area (Å²) in [5, 5.41) is 3.08. The third kappa shape index (κ3) is 3.51. The molecule has 5 heteroatoms. The predicted octanol–water partition coefficient (Wildman–Crippen LogP) is 0.0709. The predicted molar refractivity (Wildman–Crippen MR) is 68.2 cm³/mol. The Labute approximate surface area is 107 Å². The van der Waals surface area contributed by atoms with Gasteiger partial charge in [-0.1, -0.05) is 0 Å². The zero-order valence-electron chi connectivity index (χ0n) is 10.6. The van der Waals surface area contributed by atoms with Crippen molar-refractivity contribution in [1.29, 1.82) is 0 Å². The Bertz CT molecular complexity index is 381. The van der Waals surface area contributed by atoms with Crippen LogP contribution in [-0.4, -0.2) is 55.2 Å².